The van der Waals surface area contributed by atoms with Crippen LogP contribution in [-0.2, 0) is 18.4 Å². The molecule has 3 aromatic carbocycles. The Morgan fingerprint density at radius 3 is 2.41 bits per heavy atom. The number of fused-ring (bicyclic) bond motifs is 2. The van der Waals surface area contributed by atoms with Gasteiger partial charge in [-0.05, 0) is 23.8 Å². The van der Waals surface area contributed by atoms with Crippen LogP contribution in [-0.4, -0.2) is 16.2 Å². The van der Waals surface area contributed by atoms with Crippen molar-refractivity contribution in [1.82, 2.24) is 4.57 Å². The lowest BCUT2D eigenvalue weighted by Gasteiger charge is -2.16. The number of carbonyl (C=O) groups is 1. The zero-order valence-electron chi connectivity index (χ0n) is 15.8. The SMILES string of the molecule is Cn1/c(=N/N=C2\C(=O)N(Cc3ccccc3)c3ccccc32)sc2ccccc21. The second-order valence-corrected chi connectivity index (χ2v) is 7.86. The molecule has 29 heavy (non-hydrogen) atoms. The van der Waals surface area contributed by atoms with Crippen molar-refractivity contribution < 1.29 is 4.79 Å². The van der Waals surface area contributed by atoms with Crippen LogP contribution in [0.25, 0.3) is 10.2 Å². The molecule has 1 amide bonds. The minimum atomic E-state index is -0.123. The van der Waals surface area contributed by atoms with Crippen LogP contribution < -0.4 is 9.70 Å². The van der Waals surface area contributed by atoms with Gasteiger partial charge in [0.2, 0.25) is 4.80 Å². The van der Waals surface area contributed by atoms with Gasteiger partial charge in [-0.25, -0.2) is 0 Å². The molecule has 0 aliphatic carbocycles. The Kier molecular flexibility index (Phi) is 4.33. The molecule has 0 saturated heterocycles. The number of rotatable bonds is 3. The van der Waals surface area contributed by atoms with Gasteiger partial charge in [0, 0.05) is 12.6 Å². The summed E-state index contributed by atoms with van der Waals surface area (Å²) >= 11 is 1.56. The number of benzene rings is 3. The van der Waals surface area contributed by atoms with E-state index in [9.17, 15) is 4.79 Å². The Morgan fingerprint density at radius 1 is 0.862 bits per heavy atom. The summed E-state index contributed by atoms with van der Waals surface area (Å²) in [5, 5.41) is 8.84. The Balaban J connectivity index is 1.58. The van der Waals surface area contributed by atoms with Crippen LogP contribution >= 0.6 is 11.3 Å². The number of thiazole rings is 1. The number of amides is 1. The van der Waals surface area contributed by atoms with Gasteiger partial charge < -0.3 is 9.47 Å². The number of para-hydroxylation sites is 2. The standard InChI is InChI=1S/C23H18N4OS/c1-26-19-13-7-8-14-20(19)29-23(26)25-24-21-17-11-5-6-12-18(17)27(22(21)28)15-16-9-3-2-4-10-16/h2-14H,15H2,1H3/b24-21-,25-23-. The molecular formula is C23H18N4OS. The van der Waals surface area contributed by atoms with Crippen LogP contribution in [0, 0.1) is 0 Å². The van der Waals surface area contributed by atoms with E-state index < -0.39 is 0 Å². The van der Waals surface area contributed by atoms with E-state index >= 15 is 0 Å². The number of nitrogens with zero attached hydrogens (tertiary/aromatic N) is 4. The van der Waals surface area contributed by atoms with E-state index in [2.05, 4.69) is 22.3 Å². The van der Waals surface area contributed by atoms with Crippen molar-refractivity contribution in [2.75, 3.05) is 4.90 Å². The van der Waals surface area contributed by atoms with Crippen molar-refractivity contribution in [2.45, 2.75) is 6.54 Å². The van der Waals surface area contributed by atoms with Gasteiger partial charge in [0.05, 0.1) is 22.4 Å². The Hall–Kier alpha value is -3.51. The van der Waals surface area contributed by atoms with Gasteiger partial charge in [-0.1, -0.05) is 72.0 Å². The van der Waals surface area contributed by atoms with E-state index in [1.807, 2.05) is 78.3 Å². The van der Waals surface area contributed by atoms with Crippen LogP contribution in [0.15, 0.2) is 89.1 Å². The molecule has 0 N–H and O–H groups in total. The zero-order valence-corrected chi connectivity index (χ0v) is 16.6. The lowest BCUT2D eigenvalue weighted by molar-refractivity contribution is -0.112. The molecule has 0 fully saturated rings. The highest BCUT2D eigenvalue weighted by molar-refractivity contribution is 7.16. The molecule has 0 spiro atoms. The molecule has 0 bridgehead atoms. The van der Waals surface area contributed by atoms with E-state index in [0.29, 0.717) is 12.3 Å². The quantitative estimate of drug-likeness (QED) is 0.480. The predicted molar refractivity (Wildman–Crippen MR) is 117 cm³/mol. The summed E-state index contributed by atoms with van der Waals surface area (Å²) in [5.41, 5.74) is 4.25. The Morgan fingerprint density at radius 2 is 1.59 bits per heavy atom. The van der Waals surface area contributed by atoms with Crippen molar-refractivity contribution in [1.29, 1.82) is 0 Å². The fourth-order valence-corrected chi connectivity index (χ4v) is 4.52. The fourth-order valence-electron chi connectivity index (χ4n) is 3.55. The molecule has 0 saturated carbocycles. The van der Waals surface area contributed by atoms with Crippen LogP contribution in [0.2, 0.25) is 0 Å². The lowest BCUT2D eigenvalue weighted by Crippen LogP contribution is -2.29. The number of aryl methyl sites for hydroxylation is 1. The first-order chi connectivity index (χ1) is 14.2. The molecule has 5 rings (SSSR count). The highest BCUT2D eigenvalue weighted by Gasteiger charge is 2.33. The normalized spacial score (nSPS) is 15.5. The van der Waals surface area contributed by atoms with Crippen molar-refractivity contribution in [3.05, 3.63) is 94.8 Å². The third-order valence-electron chi connectivity index (χ3n) is 5.03. The molecule has 1 aromatic heterocycles. The molecule has 6 heteroatoms. The topological polar surface area (TPSA) is 50.0 Å². The van der Waals surface area contributed by atoms with Crippen molar-refractivity contribution in [3.63, 3.8) is 0 Å². The molecule has 0 atom stereocenters. The molecule has 1 aliphatic rings. The van der Waals surface area contributed by atoms with Gasteiger partial charge in [-0.2, -0.15) is 0 Å². The summed E-state index contributed by atoms with van der Waals surface area (Å²) in [4.78, 5) is 15.7. The summed E-state index contributed by atoms with van der Waals surface area (Å²) in [5.74, 6) is -0.123. The number of carbonyl (C=O) groups excluding carboxylic acids is 1. The monoisotopic (exact) mass is 398 g/mol. The van der Waals surface area contributed by atoms with Gasteiger partial charge >= 0.3 is 0 Å². The maximum atomic E-state index is 13.2. The minimum absolute atomic E-state index is 0.123. The maximum absolute atomic E-state index is 13.2. The van der Waals surface area contributed by atoms with E-state index in [4.69, 9.17) is 0 Å². The van der Waals surface area contributed by atoms with E-state index in [0.717, 1.165) is 31.8 Å². The Bertz CT molecular complexity index is 1320. The first-order valence-electron chi connectivity index (χ1n) is 9.34. The van der Waals surface area contributed by atoms with Crippen molar-refractivity contribution in [2.24, 2.45) is 17.3 Å². The van der Waals surface area contributed by atoms with Crippen molar-refractivity contribution >= 4 is 38.9 Å². The minimum Gasteiger partial charge on any atom is -0.318 e. The second kappa shape index (κ2) is 7.14. The predicted octanol–water partition coefficient (Wildman–Crippen LogP) is 4.09. The van der Waals surface area contributed by atoms with Gasteiger partial charge in [0.25, 0.3) is 5.91 Å². The van der Waals surface area contributed by atoms with Gasteiger partial charge in [-0.15, -0.1) is 10.2 Å². The average molecular weight is 398 g/mol. The number of hydrogen-bond acceptors (Lipinski definition) is 4. The number of aromatic nitrogens is 1. The first kappa shape index (κ1) is 17.6. The fraction of sp³-hybridized carbons (Fsp3) is 0.0870. The molecule has 4 aromatic rings. The highest BCUT2D eigenvalue weighted by Crippen LogP contribution is 2.30. The van der Waals surface area contributed by atoms with Crippen LogP contribution in [0.5, 0.6) is 0 Å². The van der Waals surface area contributed by atoms with E-state index in [-0.39, 0.29) is 5.91 Å². The van der Waals surface area contributed by atoms with Crippen LogP contribution in [0.4, 0.5) is 5.69 Å². The summed E-state index contributed by atoms with van der Waals surface area (Å²) in [6.45, 7) is 0.506. The largest absolute Gasteiger partial charge is 0.318 e. The Labute approximate surface area is 171 Å². The summed E-state index contributed by atoms with van der Waals surface area (Å²) in [6, 6.07) is 25.8. The smallest absolute Gasteiger partial charge is 0.279 e. The number of anilines is 1. The third kappa shape index (κ3) is 3.07. The summed E-state index contributed by atoms with van der Waals surface area (Å²) in [7, 11) is 1.96. The second-order valence-electron chi connectivity index (χ2n) is 6.85. The molecule has 0 unspecified atom stereocenters. The molecule has 142 valence electrons. The van der Waals surface area contributed by atoms with Gasteiger partial charge in [-0.3, -0.25) is 4.79 Å². The molecule has 2 heterocycles. The van der Waals surface area contributed by atoms with E-state index in [1.54, 1.807) is 16.2 Å². The van der Waals surface area contributed by atoms with Crippen LogP contribution in [0.1, 0.15) is 11.1 Å². The molecule has 5 nitrogen and oxygen atoms in total. The third-order valence-corrected chi connectivity index (χ3v) is 6.13. The van der Waals surface area contributed by atoms with Gasteiger partial charge in [0.1, 0.15) is 0 Å². The van der Waals surface area contributed by atoms with Gasteiger partial charge in [0.15, 0.2) is 5.71 Å². The average Bonchev–Trinajstić information content (AvgIpc) is 3.22. The van der Waals surface area contributed by atoms with Crippen molar-refractivity contribution in [3.8, 4) is 0 Å². The van der Waals surface area contributed by atoms with Crippen LogP contribution in [0.3, 0.4) is 0 Å². The summed E-state index contributed by atoms with van der Waals surface area (Å²) < 4.78 is 3.13. The summed E-state index contributed by atoms with van der Waals surface area (Å²) in [6.07, 6.45) is 0. The molecular weight excluding hydrogens is 380 g/mol. The van der Waals surface area contributed by atoms with E-state index in [1.165, 1.54) is 0 Å². The highest BCUT2D eigenvalue weighted by atomic mass is 32.1. The first-order valence-corrected chi connectivity index (χ1v) is 10.2. The lowest BCUT2D eigenvalue weighted by atomic mass is 10.1. The number of hydrogen-bond donors (Lipinski definition) is 0. The molecule has 1 aliphatic heterocycles. The molecule has 0 radical (unpaired) electrons. The maximum Gasteiger partial charge on any atom is 0.279 e. The zero-order chi connectivity index (χ0) is 19.8.